The summed E-state index contributed by atoms with van der Waals surface area (Å²) in [5, 5.41) is 4.36. The third-order valence-electron chi connectivity index (χ3n) is 2.69. The molecule has 0 aliphatic heterocycles. The topological polar surface area (TPSA) is 38.3 Å². The van der Waals surface area contributed by atoms with E-state index in [0.717, 1.165) is 19.4 Å². The molecule has 108 valence electrons. The summed E-state index contributed by atoms with van der Waals surface area (Å²) < 4.78 is 5.20. The maximum atomic E-state index is 12.1. The van der Waals surface area contributed by atoms with Crippen molar-refractivity contribution in [3.8, 4) is 0 Å². The predicted molar refractivity (Wildman–Crippen MR) is 80.1 cm³/mol. The molecule has 0 rings (SSSR count). The molecule has 0 radical (unpaired) electrons. The molecular weight excluding hydrogens is 246 g/mol. The lowest BCUT2D eigenvalue weighted by Gasteiger charge is -2.31. The molecule has 1 N–H and O–H groups in total. The largest absolute Gasteiger partial charge is 0.465 e. The van der Waals surface area contributed by atoms with Gasteiger partial charge in [-0.3, -0.25) is 4.79 Å². The van der Waals surface area contributed by atoms with Crippen molar-refractivity contribution in [1.29, 1.82) is 0 Å². The lowest BCUT2D eigenvalue weighted by molar-refractivity contribution is -0.150. The highest BCUT2D eigenvalue weighted by molar-refractivity contribution is 8.00. The van der Waals surface area contributed by atoms with Gasteiger partial charge in [0.05, 0.1) is 6.61 Å². The zero-order valence-corrected chi connectivity index (χ0v) is 13.5. The van der Waals surface area contributed by atoms with Crippen LogP contribution in [0.2, 0.25) is 0 Å². The molecule has 0 fully saturated rings. The van der Waals surface area contributed by atoms with Crippen LogP contribution in [-0.2, 0) is 9.53 Å². The molecular formula is C14H29NO2S. The van der Waals surface area contributed by atoms with E-state index in [1.165, 1.54) is 0 Å². The van der Waals surface area contributed by atoms with E-state index in [9.17, 15) is 4.79 Å². The standard InChI is InChI=1S/C14H29NO2S/c1-7-9-15-14(6,13(16)17-8-2)10-12(5)18-11(3)4/h11-12,15H,7-10H2,1-6H3. The molecule has 0 aromatic heterocycles. The zero-order valence-electron chi connectivity index (χ0n) is 12.7. The maximum absolute atomic E-state index is 12.1. The molecule has 0 aromatic rings. The van der Waals surface area contributed by atoms with Crippen molar-refractivity contribution in [2.24, 2.45) is 0 Å². The summed E-state index contributed by atoms with van der Waals surface area (Å²) in [7, 11) is 0. The number of hydrogen-bond donors (Lipinski definition) is 1. The Morgan fingerprint density at radius 1 is 1.33 bits per heavy atom. The third-order valence-corrected chi connectivity index (χ3v) is 3.87. The summed E-state index contributed by atoms with van der Waals surface area (Å²) in [5.41, 5.74) is -0.562. The molecule has 0 spiro atoms. The molecule has 18 heavy (non-hydrogen) atoms. The van der Waals surface area contributed by atoms with Crippen LogP contribution >= 0.6 is 11.8 Å². The van der Waals surface area contributed by atoms with Crippen molar-refractivity contribution in [3.63, 3.8) is 0 Å². The fourth-order valence-electron chi connectivity index (χ4n) is 2.01. The summed E-state index contributed by atoms with van der Waals surface area (Å²) in [4.78, 5) is 12.1. The molecule has 0 amide bonds. The zero-order chi connectivity index (χ0) is 14.2. The summed E-state index contributed by atoms with van der Waals surface area (Å²) in [6.07, 6.45) is 1.81. The van der Waals surface area contributed by atoms with Crippen LogP contribution in [-0.4, -0.2) is 35.2 Å². The number of carbonyl (C=O) groups is 1. The fraction of sp³-hybridized carbons (Fsp3) is 0.929. The Labute approximate surface area is 116 Å². The van der Waals surface area contributed by atoms with Gasteiger partial charge in [0.15, 0.2) is 0 Å². The summed E-state index contributed by atoms with van der Waals surface area (Å²) in [5.74, 6) is -0.130. The number of nitrogens with one attached hydrogen (secondary N) is 1. The highest BCUT2D eigenvalue weighted by atomic mass is 32.2. The third kappa shape index (κ3) is 6.64. The molecule has 0 aliphatic rings. The Balaban J connectivity index is 4.59. The van der Waals surface area contributed by atoms with Gasteiger partial charge in [-0.25, -0.2) is 0 Å². The van der Waals surface area contributed by atoms with Gasteiger partial charge in [0, 0.05) is 5.25 Å². The second-order valence-electron chi connectivity index (χ2n) is 5.18. The molecule has 0 aliphatic carbocycles. The fourth-order valence-corrected chi connectivity index (χ4v) is 3.37. The van der Waals surface area contributed by atoms with Crippen molar-refractivity contribution < 1.29 is 9.53 Å². The van der Waals surface area contributed by atoms with Crippen LogP contribution in [0.3, 0.4) is 0 Å². The second kappa shape index (κ2) is 8.81. The molecule has 2 unspecified atom stereocenters. The quantitative estimate of drug-likeness (QED) is 0.656. The van der Waals surface area contributed by atoms with Gasteiger partial charge in [0.25, 0.3) is 0 Å². The van der Waals surface area contributed by atoms with E-state index in [-0.39, 0.29) is 5.97 Å². The summed E-state index contributed by atoms with van der Waals surface area (Å²) >= 11 is 1.90. The number of carbonyl (C=O) groups excluding carboxylic acids is 1. The van der Waals surface area contributed by atoms with E-state index in [0.29, 0.717) is 17.1 Å². The highest BCUT2D eigenvalue weighted by Crippen LogP contribution is 2.26. The van der Waals surface area contributed by atoms with Crippen LogP contribution in [0.5, 0.6) is 0 Å². The minimum absolute atomic E-state index is 0.130. The molecule has 0 saturated heterocycles. The first kappa shape index (κ1) is 17.8. The Morgan fingerprint density at radius 2 is 1.94 bits per heavy atom. The van der Waals surface area contributed by atoms with Crippen molar-refractivity contribution >= 4 is 17.7 Å². The van der Waals surface area contributed by atoms with Crippen molar-refractivity contribution in [2.75, 3.05) is 13.2 Å². The van der Waals surface area contributed by atoms with E-state index < -0.39 is 5.54 Å². The van der Waals surface area contributed by atoms with Gasteiger partial charge in [-0.05, 0) is 38.5 Å². The maximum Gasteiger partial charge on any atom is 0.326 e. The van der Waals surface area contributed by atoms with Gasteiger partial charge in [0.2, 0.25) is 0 Å². The minimum atomic E-state index is -0.562. The lowest BCUT2D eigenvalue weighted by Crippen LogP contribution is -2.52. The number of ether oxygens (including phenoxy) is 1. The van der Waals surface area contributed by atoms with Crippen molar-refractivity contribution in [2.45, 2.75) is 70.4 Å². The molecule has 3 nitrogen and oxygen atoms in total. The molecule has 0 aromatic carbocycles. The van der Waals surface area contributed by atoms with Crippen LogP contribution in [0.1, 0.15) is 54.4 Å². The van der Waals surface area contributed by atoms with Crippen LogP contribution < -0.4 is 5.32 Å². The van der Waals surface area contributed by atoms with E-state index in [1.807, 2.05) is 25.6 Å². The lowest BCUT2D eigenvalue weighted by atomic mass is 9.96. The van der Waals surface area contributed by atoms with Crippen molar-refractivity contribution in [3.05, 3.63) is 0 Å². The highest BCUT2D eigenvalue weighted by Gasteiger charge is 2.35. The monoisotopic (exact) mass is 275 g/mol. The number of hydrogen-bond acceptors (Lipinski definition) is 4. The Kier molecular flexibility index (Phi) is 8.70. The van der Waals surface area contributed by atoms with Gasteiger partial charge in [-0.2, -0.15) is 11.8 Å². The van der Waals surface area contributed by atoms with E-state index >= 15 is 0 Å². The first-order valence-corrected chi connectivity index (χ1v) is 7.87. The molecule has 0 saturated carbocycles. The van der Waals surface area contributed by atoms with E-state index in [1.54, 1.807) is 0 Å². The normalized spacial score (nSPS) is 16.4. The van der Waals surface area contributed by atoms with E-state index in [4.69, 9.17) is 4.74 Å². The number of esters is 1. The van der Waals surface area contributed by atoms with Crippen LogP contribution in [0.4, 0.5) is 0 Å². The average molecular weight is 275 g/mol. The SMILES string of the molecule is CCCNC(C)(CC(C)SC(C)C)C(=O)OCC. The molecule has 4 heteroatoms. The predicted octanol–water partition coefficient (Wildman–Crippen LogP) is 3.23. The van der Waals surface area contributed by atoms with Gasteiger partial charge >= 0.3 is 5.97 Å². The van der Waals surface area contributed by atoms with Crippen molar-refractivity contribution in [1.82, 2.24) is 5.32 Å². The Morgan fingerprint density at radius 3 is 2.39 bits per heavy atom. The first-order chi connectivity index (χ1) is 8.35. The second-order valence-corrected chi connectivity index (χ2v) is 7.20. The van der Waals surface area contributed by atoms with E-state index in [2.05, 4.69) is 33.0 Å². The smallest absolute Gasteiger partial charge is 0.326 e. The number of thioether (sulfide) groups is 1. The van der Waals surface area contributed by atoms with Gasteiger partial charge < -0.3 is 10.1 Å². The Hall–Kier alpha value is -0.220. The first-order valence-electron chi connectivity index (χ1n) is 6.93. The summed E-state index contributed by atoms with van der Waals surface area (Å²) in [6, 6.07) is 0. The molecule has 2 atom stereocenters. The van der Waals surface area contributed by atoms with Crippen LogP contribution in [0, 0.1) is 0 Å². The average Bonchev–Trinajstić information content (AvgIpc) is 2.25. The van der Waals surface area contributed by atoms with Gasteiger partial charge in [-0.15, -0.1) is 0 Å². The van der Waals surface area contributed by atoms with Crippen LogP contribution in [0.25, 0.3) is 0 Å². The summed E-state index contributed by atoms with van der Waals surface area (Å²) in [6.45, 7) is 13.7. The molecule has 0 bridgehead atoms. The van der Waals surface area contributed by atoms with Gasteiger partial charge in [0.1, 0.15) is 5.54 Å². The minimum Gasteiger partial charge on any atom is -0.465 e. The molecule has 0 heterocycles. The van der Waals surface area contributed by atoms with Gasteiger partial charge in [-0.1, -0.05) is 27.7 Å². The van der Waals surface area contributed by atoms with Crippen LogP contribution in [0.15, 0.2) is 0 Å². The number of rotatable bonds is 9. The Bertz CT molecular complexity index is 246.